The predicted octanol–water partition coefficient (Wildman–Crippen LogP) is 3.69. The molecule has 0 heterocycles. The SMILES string of the molecule is CCCCCNC(=O)CC[C@H](NS(=O)(=O)c1cc(C)ccc1Cl)C(=O)NCCCCC. The lowest BCUT2D eigenvalue weighted by Gasteiger charge is -2.19. The second kappa shape index (κ2) is 14.4. The van der Waals surface area contributed by atoms with Gasteiger partial charge >= 0.3 is 0 Å². The molecule has 0 saturated heterocycles. The van der Waals surface area contributed by atoms with Gasteiger partial charge in [-0.2, -0.15) is 4.72 Å². The minimum atomic E-state index is -4.04. The second-order valence-electron chi connectivity index (χ2n) is 7.70. The van der Waals surface area contributed by atoms with Crippen LogP contribution in [0.15, 0.2) is 23.1 Å². The third kappa shape index (κ3) is 10.5. The molecule has 3 N–H and O–H groups in total. The highest BCUT2D eigenvalue weighted by atomic mass is 35.5. The number of sulfonamides is 1. The molecule has 9 heteroatoms. The van der Waals surface area contributed by atoms with Crippen molar-refractivity contribution in [3.63, 3.8) is 0 Å². The van der Waals surface area contributed by atoms with Crippen LogP contribution in [-0.2, 0) is 19.6 Å². The zero-order chi connectivity index (χ0) is 23.3. The lowest BCUT2D eigenvalue weighted by Crippen LogP contribution is -2.47. The molecule has 2 amide bonds. The van der Waals surface area contributed by atoms with Crippen molar-refractivity contribution in [2.75, 3.05) is 13.1 Å². The fourth-order valence-electron chi connectivity index (χ4n) is 2.99. The topological polar surface area (TPSA) is 104 Å². The molecule has 0 spiro atoms. The zero-order valence-corrected chi connectivity index (χ0v) is 20.4. The molecule has 1 aromatic carbocycles. The van der Waals surface area contributed by atoms with Crippen LogP contribution in [0.5, 0.6) is 0 Å². The molecule has 1 aromatic rings. The average Bonchev–Trinajstić information content (AvgIpc) is 2.73. The Balaban J connectivity index is 2.85. The third-order valence-corrected chi connectivity index (χ3v) is 6.79. The van der Waals surface area contributed by atoms with Crippen molar-refractivity contribution in [1.29, 1.82) is 0 Å². The monoisotopic (exact) mass is 473 g/mol. The molecular formula is C22H36ClN3O4S. The number of hydrogen-bond donors (Lipinski definition) is 3. The Morgan fingerprint density at radius 2 is 1.61 bits per heavy atom. The summed E-state index contributed by atoms with van der Waals surface area (Å²) in [6.07, 6.45) is 5.86. The van der Waals surface area contributed by atoms with Gasteiger partial charge in [0.1, 0.15) is 10.9 Å². The normalized spacial score (nSPS) is 12.4. The smallest absolute Gasteiger partial charge is 0.242 e. The highest BCUT2D eigenvalue weighted by Gasteiger charge is 2.27. The number of halogens is 1. The van der Waals surface area contributed by atoms with Crippen LogP contribution in [0.25, 0.3) is 0 Å². The summed E-state index contributed by atoms with van der Waals surface area (Å²) in [6, 6.07) is 3.61. The Morgan fingerprint density at radius 3 is 2.23 bits per heavy atom. The number of rotatable bonds is 15. The highest BCUT2D eigenvalue weighted by molar-refractivity contribution is 7.89. The molecule has 0 fully saturated rings. The summed E-state index contributed by atoms with van der Waals surface area (Å²) in [6.45, 7) is 6.93. The molecule has 0 unspecified atom stereocenters. The quantitative estimate of drug-likeness (QED) is 0.338. The number of amides is 2. The highest BCUT2D eigenvalue weighted by Crippen LogP contribution is 2.23. The van der Waals surface area contributed by atoms with E-state index in [4.69, 9.17) is 11.6 Å². The Kier molecular flexibility index (Phi) is 12.7. The van der Waals surface area contributed by atoms with Gasteiger partial charge in [0.15, 0.2) is 0 Å². The van der Waals surface area contributed by atoms with Crippen LogP contribution in [0.1, 0.15) is 70.8 Å². The largest absolute Gasteiger partial charge is 0.356 e. The molecule has 0 aliphatic rings. The zero-order valence-electron chi connectivity index (χ0n) is 18.8. The summed E-state index contributed by atoms with van der Waals surface area (Å²) >= 11 is 6.09. The minimum absolute atomic E-state index is 0.0449. The summed E-state index contributed by atoms with van der Waals surface area (Å²) in [5.74, 6) is -0.644. The van der Waals surface area contributed by atoms with Crippen LogP contribution >= 0.6 is 11.6 Å². The number of nitrogens with one attached hydrogen (secondary N) is 3. The first-order valence-corrected chi connectivity index (χ1v) is 12.9. The van der Waals surface area contributed by atoms with Crippen molar-refractivity contribution < 1.29 is 18.0 Å². The summed E-state index contributed by atoms with van der Waals surface area (Å²) in [5.41, 5.74) is 0.733. The molecular weight excluding hydrogens is 438 g/mol. The molecule has 176 valence electrons. The second-order valence-corrected chi connectivity index (χ2v) is 9.79. The van der Waals surface area contributed by atoms with Crippen LogP contribution < -0.4 is 15.4 Å². The van der Waals surface area contributed by atoms with Gasteiger partial charge in [0, 0.05) is 19.5 Å². The van der Waals surface area contributed by atoms with Crippen LogP contribution in [0, 0.1) is 6.92 Å². The summed E-state index contributed by atoms with van der Waals surface area (Å²) in [4.78, 5) is 24.7. The summed E-state index contributed by atoms with van der Waals surface area (Å²) < 4.78 is 28.3. The van der Waals surface area contributed by atoms with Gasteiger partial charge in [-0.1, -0.05) is 57.2 Å². The molecule has 1 rings (SSSR count). The van der Waals surface area contributed by atoms with Gasteiger partial charge in [-0.25, -0.2) is 8.42 Å². The van der Waals surface area contributed by atoms with Crippen molar-refractivity contribution in [1.82, 2.24) is 15.4 Å². The molecule has 7 nitrogen and oxygen atoms in total. The van der Waals surface area contributed by atoms with E-state index in [0.717, 1.165) is 44.1 Å². The average molecular weight is 474 g/mol. The Labute approximate surface area is 191 Å². The van der Waals surface area contributed by atoms with Crippen molar-refractivity contribution in [2.45, 2.75) is 83.1 Å². The van der Waals surface area contributed by atoms with E-state index in [0.29, 0.717) is 13.1 Å². The number of carbonyl (C=O) groups is 2. The fraction of sp³-hybridized carbons (Fsp3) is 0.636. The fourth-order valence-corrected chi connectivity index (χ4v) is 4.80. The van der Waals surface area contributed by atoms with Crippen molar-refractivity contribution in [3.05, 3.63) is 28.8 Å². The number of hydrogen-bond acceptors (Lipinski definition) is 4. The van der Waals surface area contributed by atoms with Gasteiger partial charge in [0.05, 0.1) is 5.02 Å². The van der Waals surface area contributed by atoms with Crippen LogP contribution in [0.3, 0.4) is 0 Å². The van der Waals surface area contributed by atoms with E-state index in [1.165, 1.54) is 12.1 Å². The van der Waals surface area contributed by atoms with Gasteiger partial charge in [0.25, 0.3) is 0 Å². The minimum Gasteiger partial charge on any atom is -0.356 e. The Morgan fingerprint density at radius 1 is 1.00 bits per heavy atom. The molecule has 0 aliphatic carbocycles. The van der Waals surface area contributed by atoms with Crippen molar-refractivity contribution >= 4 is 33.4 Å². The molecule has 0 aliphatic heterocycles. The Hall–Kier alpha value is -1.64. The van der Waals surface area contributed by atoms with Gasteiger partial charge in [0.2, 0.25) is 21.8 Å². The van der Waals surface area contributed by atoms with E-state index in [2.05, 4.69) is 29.2 Å². The molecule has 1 atom stereocenters. The molecule has 0 radical (unpaired) electrons. The lowest BCUT2D eigenvalue weighted by molar-refractivity contribution is -0.123. The van der Waals surface area contributed by atoms with E-state index >= 15 is 0 Å². The first-order chi connectivity index (χ1) is 14.7. The van der Waals surface area contributed by atoms with Gasteiger partial charge < -0.3 is 10.6 Å². The maximum atomic E-state index is 12.9. The van der Waals surface area contributed by atoms with Crippen molar-refractivity contribution in [2.24, 2.45) is 0 Å². The Bertz CT molecular complexity index is 815. The van der Waals surface area contributed by atoms with Gasteiger partial charge in [-0.3, -0.25) is 9.59 Å². The van der Waals surface area contributed by atoms with Crippen LogP contribution in [0.4, 0.5) is 0 Å². The van der Waals surface area contributed by atoms with E-state index in [9.17, 15) is 18.0 Å². The third-order valence-electron chi connectivity index (χ3n) is 4.83. The first kappa shape index (κ1) is 27.4. The van der Waals surface area contributed by atoms with E-state index in [-0.39, 0.29) is 28.7 Å². The number of aryl methyl sites for hydroxylation is 1. The first-order valence-electron chi connectivity index (χ1n) is 11.0. The lowest BCUT2D eigenvalue weighted by atomic mass is 10.1. The maximum absolute atomic E-state index is 12.9. The standard InChI is InChI=1S/C22H36ClN3O4S/c1-4-6-8-14-24-21(27)13-12-19(22(28)25-15-9-7-5-2)26-31(29,30)20-16-17(3)10-11-18(20)23/h10-11,16,19,26H,4-9,12-15H2,1-3H3,(H,24,27)(H,25,28)/t19-/m0/s1. The molecule has 0 aromatic heterocycles. The predicted molar refractivity (Wildman–Crippen MR) is 125 cm³/mol. The van der Waals surface area contributed by atoms with Crippen LogP contribution in [-0.4, -0.2) is 39.4 Å². The van der Waals surface area contributed by atoms with E-state index in [1.54, 1.807) is 13.0 Å². The van der Waals surface area contributed by atoms with E-state index in [1.807, 2.05) is 0 Å². The van der Waals surface area contributed by atoms with E-state index < -0.39 is 22.0 Å². The molecule has 31 heavy (non-hydrogen) atoms. The maximum Gasteiger partial charge on any atom is 0.242 e. The van der Waals surface area contributed by atoms with Gasteiger partial charge in [-0.05, 0) is 43.9 Å². The molecule has 0 saturated carbocycles. The number of carbonyl (C=O) groups excluding carboxylic acids is 2. The van der Waals surface area contributed by atoms with Crippen molar-refractivity contribution in [3.8, 4) is 0 Å². The number of benzene rings is 1. The molecule has 0 bridgehead atoms. The van der Waals surface area contributed by atoms with Gasteiger partial charge in [-0.15, -0.1) is 0 Å². The number of unbranched alkanes of at least 4 members (excludes halogenated alkanes) is 4. The summed E-state index contributed by atoms with van der Waals surface area (Å²) in [5, 5.41) is 5.66. The summed E-state index contributed by atoms with van der Waals surface area (Å²) in [7, 11) is -4.04. The van der Waals surface area contributed by atoms with Crippen LogP contribution in [0.2, 0.25) is 5.02 Å².